The van der Waals surface area contributed by atoms with Crippen LogP contribution in [0.5, 0.6) is 5.75 Å². The molecule has 1 heterocycles. The zero-order valence-electron chi connectivity index (χ0n) is 18.0. The van der Waals surface area contributed by atoms with Gasteiger partial charge in [-0.05, 0) is 50.5 Å². The summed E-state index contributed by atoms with van der Waals surface area (Å²) >= 11 is 0. The molecule has 1 aromatic carbocycles. The maximum atomic E-state index is 12.5. The van der Waals surface area contributed by atoms with Crippen LogP contribution in [0.1, 0.15) is 50.4 Å². The number of ether oxygens (including phenoxy) is 1. The first kappa shape index (κ1) is 21.8. The lowest BCUT2D eigenvalue weighted by atomic mass is 10.1. The molecule has 1 saturated heterocycles. The fourth-order valence-corrected chi connectivity index (χ4v) is 3.81. The zero-order valence-corrected chi connectivity index (χ0v) is 18.0. The van der Waals surface area contributed by atoms with Crippen molar-refractivity contribution in [3.63, 3.8) is 0 Å². The van der Waals surface area contributed by atoms with Crippen LogP contribution in [-0.2, 0) is 4.79 Å². The molecule has 0 unspecified atom stereocenters. The smallest absolute Gasteiger partial charge is 0.239 e. The Balaban J connectivity index is 1.31. The number of hydrogen-bond donors (Lipinski definition) is 1. The Kier molecular flexibility index (Phi) is 7.67. The highest BCUT2D eigenvalue weighted by molar-refractivity contribution is 5.99. The van der Waals surface area contributed by atoms with Crippen LogP contribution < -0.4 is 10.1 Å². The average Bonchev–Trinajstić information content (AvgIpc) is 3.56. The van der Waals surface area contributed by atoms with Crippen molar-refractivity contribution in [2.24, 2.45) is 5.92 Å². The molecule has 1 saturated carbocycles. The molecule has 0 bridgehead atoms. The maximum absolute atomic E-state index is 12.5. The fraction of sp³-hybridized carbons (Fsp3) is 0.652. The quantitative estimate of drug-likeness (QED) is 0.482. The van der Waals surface area contributed by atoms with Crippen molar-refractivity contribution in [2.45, 2.75) is 52.1 Å². The van der Waals surface area contributed by atoms with Crippen molar-refractivity contribution in [1.29, 1.82) is 0 Å². The number of carbonyl (C=O) groups is 2. The van der Waals surface area contributed by atoms with E-state index in [1.54, 1.807) is 0 Å². The average molecular weight is 402 g/mol. The van der Waals surface area contributed by atoms with Gasteiger partial charge in [-0.2, -0.15) is 0 Å². The molecule has 1 aromatic rings. The van der Waals surface area contributed by atoms with Crippen molar-refractivity contribution < 1.29 is 14.3 Å². The molecule has 1 amide bonds. The Hall–Kier alpha value is -1.92. The number of nitrogens with one attached hydrogen (secondary N) is 1. The molecule has 6 heteroatoms. The third kappa shape index (κ3) is 6.54. The molecule has 1 N–H and O–H groups in total. The van der Waals surface area contributed by atoms with Crippen LogP contribution in [0, 0.1) is 5.92 Å². The molecule has 160 valence electrons. The van der Waals surface area contributed by atoms with Crippen molar-refractivity contribution >= 4 is 11.7 Å². The van der Waals surface area contributed by atoms with Crippen molar-refractivity contribution in [3.05, 3.63) is 29.8 Å². The summed E-state index contributed by atoms with van der Waals surface area (Å²) < 4.78 is 5.82. The van der Waals surface area contributed by atoms with E-state index >= 15 is 0 Å². The van der Waals surface area contributed by atoms with Crippen molar-refractivity contribution in [2.75, 3.05) is 39.3 Å². The molecule has 1 aliphatic heterocycles. The van der Waals surface area contributed by atoms with Crippen LogP contribution in [0.15, 0.2) is 24.3 Å². The number of piperazine rings is 1. The highest BCUT2D eigenvalue weighted by atomic mass is 16.5. The van der Waals surface area contributed by atoms with E-state index in [4.69, 9.17) is 4.74 Å². The summed E-state index contributed by atoms with van der Waals surface area (Å²) in [6.45, 7) is 11.1. The first-order valence-corrected chi connectivity index (χ1v) is 11.0. The van der Waals surface area contributed by atoms with Gasteiger partial charge in [-0.15, -0.1) is 0 Å². The van der Waals surface area contributed by atoms with Gasteiger partial charge in [0.05, 0.1) is 12.6 Å². The number of ketones is 1. The second kappa shape index (κ2) is 10.2. The number of nitrogens with zero attached hydrogens (tertiary/aromatic N) is 2. The van der Waals surface area contributed by atoms with E-state index in [1.165, 1.54) is 0 Å². The molecule has 6 nitrogen and oxygen atoms in total. The number of hydrogen-bond acceptors (Lipinski definition) is 5. The fourth-order valence-electron chi connectivity index (χ4n) is 3.81. The lowest BCUT2D eigenvalue weighted by molar-refractivity contribution is -0.135. The lowest BCUT2D eigenvalue weighted by Crippen LogP contribution is -2.54. The van der Waals surface area contributed by atoms with E-state index < -0.39 is 0 Å². The van der Waals surface area contributed by atoms with Gasteiger partial charge in [-0.3, -0.25) is 14.5 Å². The van der Waals surface area contributed by atoms with E-state index in [2.05, 4.69) is 24.1 Å². The predicted molar refractivity (Wildman–Crippen MR) is 114 cm³/mol. The largest absolute Gasteiger partial charge is 0.494 e. The predicted octanol–water partition coefficient (Wildman–Crippen LogP) is 2.58. The SMILES string of the molecule is CC(C)N[C@H](C)C(=O)N1CCN(CCCOc2ccc(C(=O)C3CC3)cc2)CC1. The topological polar surface area (TPSA) is 61.9 Å². The highest BCUT2D eigenvalue weighted by Gasteiger charge is 2.30. The van der Waals surface area contributed by atoms with E-state index in [0.717, 1.165) is 63.3 Å². The molecule has 0 spiro atoms. The van der Waals surface area contributed by atoms with Crippen molar-refractivity contribution in [3.8, 4) is 5.75 Å². The molecule has 1 aliphatic carbocycles. The highest BCUT2D eigenvalue weighted by Crippen LogP contribution is 2.32. The Morgan fingerprint density at radius 2 is 1.72 bits per heavy atom. The number of Topliss-reactive ketones (excluding diaryl/α,β-unsaturated/α-hetero) is 1. The molecule has 1 atom stereocenters. The summed E-state index contributed by atoms with van der Waals surface area (Å²) in [6.07, 6.45) is 3.02. The van der Waals surface area contributed by atoms with Gasteiger partial charge in [0.1, 0.15) is 5.75 Å². The monoisotopic (exact) mass is 401 g/mol. The zero-order chi connectivity index (χ0) is 20.8. The first-order chi connectivity index (χ1) is 13.9. The second-order valence-electron chi connectivity index (χ2n) is 8.57. The Bertz CT molecular complexity index is 677. The summed E-state index contributed by atoms with van der Waals surface area (Å²) in [5.41, 5.74) is 0.796. The number of benzene rings is 1. The van der Waals surface area contributed by atoms with Gasteiger partial charge in [0.15, 0.2) is 5.78 Å². The summed E-state index contributed by atoms with van der Waals surface area (Å²) in [5, 5.41) is 3.29. The van der Waals surface area contributed by atoms with Crippen LogP contribution in [-0.4, -0.2) is 72.9 Å². The van der Waals surface area contributed by atoms with Gasteiger partial charge in [-0.25, -0.2) is 0 Å². The number of rotatable bonds is 10. The van der Waals surface area contributed by atoms with Crippen LogP contribution in [0.25, 0.3) is 0 Å². The Morgan fingerprint density at radius 1 is 1.07 bits per heavy atom. The summed E-state index contributed by atoms with van der Waals surface area (Å²) in [7, 11) is 0. The number of carbonyl (C=O) groups excluding carboxylic acids is 2. The molecule has 0 radical (unpaired) electrons. The molecule has 2 aliphatic rings. The summed E-state index contributed by atoms with van der Waals surface area (Å²) in [4.78, 5) is 28.9. The van der Waals surface area contributed by atoms with Crippen LogP contribution >= 0.6 is 0 Å². The number of amides is 1. The minimum absolute atomic E-state index is 0.124. The van der Waals surface area contributed by atoms with Gasteiger partial charge < -0.3 is 15.0 Å². The van der Waals surface area contributed by atoms with Crippen molar-refractivity contribution in [1.82, 2.24) is 15.1 Å². The maximum Gasteiger partial charge on any atom is 0.239 e. The van der Waals surface area contributed by atoms with Gasteiger partial charge in [-0.1, -0.05) is 13.8 Å². The third-order valence-electron chi connectivity index (χ3n) is 5.61. The van der Waals surface area contributed by atoms with Gasteiger partial charge >= 0.3 is 0 Å². The second-order valence-corrected chi connectivity index (χ2v) is 8.57. The molecule has 29 heavy (non-hydrogen) atoms. The molecule has 2 fully saturated rings. The Labute approximate surface area is 174 Å². The minimum atomic E-state index is -0.124. The summed E-state index contributed by atoms with van der Waals surface area (Å²) in [5.74, 6) is 1.54. The van der Waals surface area contributed by atoms with E-state index in [1.807, 2.05) is 36.1 Å². The molecule has 3 rings (SSSR count). The standard InChI is InChI=1S/C23H35N3O3/c1-17(2)24-18(3)23(28)26-14-12-25(13-15-26)11-4-16-29-21-9-7-20(8-10-21)22(27)19-5-6-19/h7-10,17-19,24H,4-6,11-16H2,1-3H3/t18-/m1/s1. The first-order valence-electron chi connectivity index (χ1n) is 11.0. The van der Waals surface area contributed by atoms with Crippen LogP contribution in [0.4, 0.5) is 0 Å². The van der Waals surface area contributed by atoms with E-state index in [9.17, 15) is 9.59 Å². The minimum Gasteiger partial charge on any atom is -0.494 e. The van der Waals surface area contributed by atoms with E-state index in [-0.39, 0.29) is 23.7 Å². The molecular formula is C23H35N3O3. The van der Waals surface area contributed by atoms with Gasteiger partial charge in [0.25, 0.3) is 0 Å². The third-order valence-corrected chi connectivity index (χ3v) is 5.61. The summed E-state index contributed by atoms with van der Waals surface area (Å²) in [6, 6.07) is 7.73. The molecular weight excluding hydrogens is 366 g/mol. The van der Waals surface area contributed by atoms with Gasteiger partial charge in [0, 0.05) is 50.2 Å². The van der Waals surface area contributed by atoms with Gasteiger partial charge in [0.2, 0.25) is 5.91 Å². The van der Waals surface area contributed by atoms with E-state index in [0.29, 0.717) is 12.6 Å². The normalized spacial score (nSPS) is 18.7. The Morgan fingerprint density at radius 3 is 2.31 bits per heavy atom. The van der Waals surface area contributed by atoms with Crippen LogP contribution in [0.2, 0.25) is 0 Å². The van der Waals surface area contributed by atoms with Crippen LogP contribution in [0.3, 0.4) is 0 Å². The molecule has 0 aromatic heterocycles. The lowest BCUT2D eigenvalue weighted by Gasteiger charge is -2.36.